The number of carbonyl (C=O) groups is 1. The number of hydrogen-bond donors (Lipinski definition) is 2. The van der Waals surface area contributed by atoms with Crippen LogP contribution in [0.3, 0.4) is 0 Å². The molecular weight excluding hydrogens is 318 g/mol. The van der Waals surface area contributed by atoms with E-state index in [0.717, 1.165) is 31.2 Å². The monoisotopic (exact) mass is 345 g/mol. The van der Waals surface area contributed by atoms with Crippen molar-refractivity contribution in [1.82, 2.24) is 4.90 Å². The van der Waals surface area contributed by atoms with Crippen molar-refractivity contribution in [3.8, 4) is 0 Å². The minimum atomic E-state index is -0.790. The second-order valence-corrected chi connectivity index (χ2v) is 8.07. The lowest BCUT2D eigenvalue weighted by Crippen LogP contribution is -2.56. The summed E-state index contributed by atoms with van der Waals surface area (Å²) >= 11 is 0. The maximum Gasteiger partial charge on any atom is 0.233 e. The molecule has 1 amide bonds. The van der Waals surface area contributed by atoms with Gasteiger partial charge in [0, 0.05) is 19.5 Å². The predicted molar refractivity (Wildman–Crippen MR) is 93.2 cm³/mol. The first-order valence-electron chi connectivity index (χ1n) is 9.31. The number of nitrogens with zero attached hydrogens (tertiary/aromatic N) is 1. The van der Waals surface area contributed by atoms with Crippen LogP contribution in [0, 0.1) is 6.92 Å². The van der Waals surface area contributed by atoms with E-state index in [1.807, 2.05) is 4.90 Å². The van der Waals surface area contributed by atoms with Crippen LogP contribution in [-0.2, 0) is 14.9 Å². The Balaban J connectivity index is 1.43. The van der Waals surface area contributed by atoms with Crippen molar-refractivity contribution in [3.63, 3.8) is 0 Å². The molecule has 25 heavy (non-hydrogen) atoms. The lowest BCUT2D eigenvalue weighted by Gasteiger charge is -2.47. The minimum absolute atomic E-state index is 0.183. The highest BCUT2D eigenvalue weighted by Gasteiger charge is 2.54. The molecule has 1 aliphatic carbocycles. The maximum atomic E-state index is 13.2. The summed E-state index contributed by atoms with van der Waals surface area (Å²) in [7, 11) is 0. The number of ether oxygens (including phenoxy) is 1. The number of amides is 1. The SMILES string of the molecule is Cc1ccc(C2(C(=O)N3CCC4(CC3)C[C@@H](O)[C@@H](O)CO4)CC2)cc1. The summed E-state index contributed by atoms with van der Waals surface area (Å²) in [5.74, 6) is 0.239. The normalized spacial score (nSPS) is 30.3. The lowest BCUT2D eigenvalue weighted by atomic mass is 9.82. The summed E-state index contributed by atoms with van der Waals surface area (Å²) in [5, 5.41) is 19.6. The summed E-state index contributed by atoms with van der Waals surface area (Å²) in [6.45, 7) is 3.57. The van der Waals surface area contributed by atoms with Crippen LogP contribution in [0.5, 0.6) is 0 Å². The summed E-state index contributed by atoms with van der Waals surface area (Å²) in [6, 6.07) is 8.34. The molecule has 1 saturated carbocycles. The molecule has 2 N–H and O–H groups in total. The van der Waals surface area contributed by atoms with E-state index in [1.165, 1.54) is 5.56 Å². The summed E-state index contributed by atoms with van der Waals surface area (Å²) < 4.78 is 5.87. The molecule has 0 radical (unpaired) electrons. The van der Waals surface area contributed by atoms with E-state index in [2.05, 4.69) is 31.2 Å². The van der Waals surface area contributed by atoms with Gasteiger partial charge in [0.1, 0.15) is 6.10 Å². The van der Waals surface area contributed by atoms with Gasteiger partial charge in [0.25, 0.3) is 0 Å². The smallest absolute Gasteiger partial charge is 0.233 e. The maximum absolute atomic E-state index is 13.2. The van der Waals surface area contributed by atoms with Crippen LogP contribution in [0.4, 0.5) is 0 Å². The van der Waals surface area contributed by atoms with Gasteiger partial charge < -0.3 is 19.8 Å². The Bertz CT molecular complexity index is 644. The molecule has 3 fully saturated rings. The van der Waals surface area contributed by atoms with Crippen LogP contribution in [0.25, 0.3) is 0 Å². The first-order valence-corrected chi connectivity index (χ1v) is 9.31. The summed E-state index contributed by atoms with van der Waals surface area (Å²) in [4.78, 5) is 15.1. The number of benzene rings is 1. The molecule has 5 heteroatoms. The molecule has 5 nitrogen and oxygen atoms in total. The van der Waals surface area contributed by atoms with E-state index < -0.39 is 12.2 Å². The summed E-state index contributed by atoms with van der Waals surface area (Å²) in [6.07, 6.45) is 2.26. The van der Waals surface area contributed by atoms with E-state index in [4.69, 9.17) is 4.74 Å². The Morgan fingerprint density at radius 2 is 1.72 bits per heavy atom. The first kappa shape index (κ1) is 17.0. The van der Waals surface area contributed by atoms with Crippen LogP contribution in [-0.4, -0.2) is 58.5 Å². The van der Waals surface area contributed by atoms with E-state index in [1.54, 1.807) is 0 Å². The molecule has 1 aromatic rings. The van der Waals surface area contributed by atoms with Crippen LogP contribution >= 0.6 is 0 Å². The largest absolute Gasteiger partial charge is 0.390 e. The van der Waals surface area contributed by atoms with Crippen LogP contribution < -0.4 is 0 Å². The van der Waals surface area contributed by atoms with Crippen molar-refractivity contribution in [3.05, 3.63) is 35.4 Å². The fourth-order valence-corrected chi connectivity index (χ4v) is 4.34. The number of aryl methyl sites for hydroxylation is 1. The van der Waals surface area contributed by atoms with Crippen LogP contribution in [0.15, 0.2) is 24.3 Å². The van der Waals surface area contributed by atoms with Crippen molar-refractivity contribution in [2.75, 3.05) is 19.7 Å². The second-order valence-electron chi connectivity index (χ2n) is 8.07. The van der Waals surface area contributed by atoms with E-state index >= 15 is 0 Å². The zero-order valence-corrected chi connectivity index (χ0v) is 14.8. The van der Waals surface area contributed by atoms with Gasteiger partial charge in [-0.2, -0.15) is 0 Å². The van der Waals surface area contributed by atoms with E-state index in [9.17, 15) is 15.0 Å². The molecule has 0 aromatic heterocycles. The number of likely N-dealkylation sites (tertiary alicyclic amines) is 1. The molecule has 3 aliphatic rings. The highest BCUT2D eigenvalue weighted by molar-refractivity contribution is 5.91. The van der Waals surface area contributed by atoms with E-state index in [-0.39, 0.29) is 23.5 Å². The van der Waals surface area contributed by atoms with Crippen molar-refractivity contribution in [2.24, 2.45) is 0 Å². The van der Waals surface area contributed by atoms with Gasteiger partial charge in [0.2, 0.25) is 5.91 Å². The third kappa shape index (κ3) is 2.98. The Kier molecular flexibility index (Phi) is 4.13. The average molecular weight is 345 g/mol. The zero-order valence-electron chi connectivity index (χ0n) is 14.8. The lowest BCUT2D eigenvalue weighted by molar-refractivity contribution is -0.189. The second kappa shape index (κ2) is 6.08. The topological polar surface area (TPSA) is 70.0 Å². The molecule has 1 aromatic carbocycles. The molecule has 136 valence electrons. The number of aliphatic hydroxyl groups is 2. The molecule has 2 heterocycles. The van der Waals surface area contributed by atoms with E-state index in [0.29, 0.717) is 19.5 Å². The quantitative estimate of drug-likeness (QED) is 0.853. The fourth-order valence-electron chi connectivity index (χ4n) is 4.34. The highest BCUT2D eigenvalue weighted by Crippen LogP contribution is 2.50. The van der Waals surface area contributed by atoms with Gasteiger partial charge in [-0.1, -0.05) is 29.8 Å². The van der Waals surface area contributed by atoms with Crippen molar-refractivity contribution < 1.29 is 19.7 Å². The molecular formula is C20H27NO4. The van der Waals surface area contributed by atoms with Gasteiger partial charge in [0.05, 0.1) is 23.7 Å². The molecule has 0 bridgehead atoms. The van der Waals surface area contributed by atoms with Crippen LogP contribution in [0.2, 0.25) is 0 Å². The molecule has 2 saturated heterocycles. The standard InChI is InChI=1S/C20H27NO4/c1-14-2-4-15(5-3-14)20(6-7-20)18(24)21-10-8-19(9-11-21)12-16(22)17(23)13-25-19/h2-5,16-17,22-23H,6-13H2,1H3/t16-,17+/m1/s1. The average Bonchev–Trinajstić information content (AvgIpc) is 3.41. The van der Waals surface area contributed by atoms with Gasteiger partial charge in [0.15, 0.2) is 0 Å². The Morgan fingerprint density at radius 3 is 2.28 bits per heavy atom. The Morgan fingerprint density at radius 1 is 1.08 bits per heavy atom. The predicted octanol–water partition coefficient (Wildman–Crippen LogP) is 1.53. The number of rotatable bonds is 2. The number of piperidine rings is 1. The van der Waals surface area contributed by atoms with Crippen molar-refractivity contribution in [2.45, 2.75) is 62.3 Å². The van der Waals surface area contributed by atoms with Gasteiger partial charge in [-0.25, -0.2) is 0 Å². The number of hydrogen-bond acceptors (Lipinski definition) is 4. The summed E-state index contributed by atoms with van der Waals surface area (Å²) in [5.41, 5.74) is 1.65. The third-order valence-corrected chi connectivity index (χ3v) is 6.31. The molecule has 1 spiro atoms. The number of carbonyl (C=O) groups excluding carboxylic acids is 1. The number of aliphatic hydroxyl groups excluding tert-OH is 2. The Labute approximate surface area is 148 Å². The van der Waals surface area contributed by atoms with Crippen LogP contribution in [0.1, 0.15) is 43.2 Å². The van der Waals surface area contributed by atoms with Gasteiger partial charge >= 0.3 is 0 Å². The van der Waals surface area contributed by atoms with Gasteiger partial charge in [-0.15, -0.1) is 0 Å². The molecule has 0 unspecified atom stereocenters. The molecule has 2 atom stereocenters. The van der Waals surface area contributed by atoms with Gasteiger partial charge in [-0.05, 0) is 38.2 Å². The van der Waals surface area contributed by atoms with Gasteiger partial charge in [-0.3, -0.25) is 4.79 Å². The zero-order chi connectivity index (χ0) is 17.7. The fraction of sp³-hybridized carbons (Fsp3) is 0.650. The third-order valence-electron chi connectivity index (χ3n) is 6.31. The molecule has 4 rings (SSSR count). The Hall–Kier alpha value is -1.43. The first-order chi connectivity index (χ1) is 11.9. The highest BCUT2D eigenvalue weighted by atomic mass is 16.5. The minimum Gasteiger partial charge on any atom is -0.390 e. The molecule has 2 aliphatic heterocycles. The van der Waals surface area contributed by atoms with Crippen molar-refractivity contribution >= 4 is 5.91 Å². The van der Waals surface area contributed by atoms with Crippen molar-refractivity contribution in [1.29, 1.82) is 0 Å².